The summed E-state index contributed by atoms with van der Waals surface area (Å²) in [7, 11) is 0. The molecule has 0 aromatic carbocycles. The van der Waals surface area contributed by atoms with Crippen molar-refractivity contribution in [1.29, 1.82) is 0 Å². The summed E-state index contributed by atoms with van der Waals surface area (Å²) in [5.74, 6) is 1.01. The maximum absolute atomic E-state index is 3.99. The maximum atomic E-state index is 3.99. The molecule has 56 valence electrons. The van der Waals surface area contributed by atoms with Crippen LogP contribution in [0.2, 0.25) is 0 Å². The number of rotatable bonds is 0. The number of hydrogen-bond acceptors (Lipinski definition) is 2. The highest BCUT2D eigenvalue weighted by molar-refractivity contribution is 14.1. The Bertz CT molecular complexity index is 223. The van der Waals surface area contributed by atoms with Gasteiger partial charge in [0.25, 0.3) is 0 Å². The number of aromatic nitrogens is 3. The Morgan fingerprint density at radius 1 is 1.50 bits per heavy atom. The van der Waals surface area contributed by atoms with Gasteiger partial charge in [-0.3, -0.25) is 2.78 Å². The standard InChI is InChI=1S/C6H10IN3/c1-6(2,3)5-9-8-4-10(5)7/h4H,1-3H3. The van der Waals surface area contributed by atoms with Gasteiger partial charge in [-0.1, -0.05) is 20.8 Å². The molecule has 0 aliphatic heterocycles. The molecule has 0 amide bonds. The van der Waals surface area contributed by atoms with E-state index in [1.165, 1.54) is 0 Å². The van der Waals surface area contributed by atoms with Crippen molar-refractivity contribution in [2.75, 3.05) is 0 Å². The van der Waals surface area contributed by atoms with E-state index in [9.17, 15) is 0 Å². The average Bonchev–Trinajstić information content (AvgIpc) is 2.11. The molecular formula is C6H10IN3. The third-order valence-corrected chi connectivity index (χ3v) is 1.88. The monoisotopic (exact) mass is 251 g/mol. The Morgan fingerprint density at radius 2 is 2.10 bits per heavy atom. The molecule has 10 heavy (non-hydrogen) atoms. The fraction of sp³-hybridized carbons (Fsp3) is 0.667. The summed E-state index contributed by atoms with van der Waals surface area (Å²) >= 11 is 2.17. The largest absolute Gasteiger partial charge is 0.256 e. The zero-order valence-electron chi connectivity index (χ0n) is 6.30. The van der Waals surface area contributed by atoms with Crippen molar-refractivity contribution in [1.82, 2.24) is 13.0 Å². The van der Waals surface area contributed by atoms with E-state index >= 15 is 0 Å². The molecular weight excluding hydrogens is 241 g/mol. The third-order valence-electron chi connectivity index (χ3n) is 1.18. The van der Waals surface area contributed by atoms with Crippen molar-refractivity contribution in [3.05, 3.63) is 12.2 Å². The van der Waals surface area contributed by atoms with Crippen molar-refractivity contribution in [2.45, 2.75) is 26.2 Å². The predicted molar refractivity (Wildman–Crippen MR) is 48.1 cm³/mol. The topological polar surface area (TPSA) is 30.7 Å². The molecule has 0 atom stereocenters. The van der Waals surface area contributed by atoms with Crippen LogP contribution in [0.5, 0.6) is 0 Å². The predicted octanol–water partition coefficient (Wildman–Crippen LogP) is 1.77. The van der Waals surface area contributed by atoms with Crippen LogP contribution in [0.4, 0.5) is 0 Å². The van der Waals surface area contributed by atoms with Gasteiger partial charge in [0.2, 0.25) is 0 Å². The smallest absolute Gasteiger partial charge is 0.147 e. The average molecular weight is 251 g/mol. The first-order chi connectivity index (χ1) is 4.52. The fourth-order valence-electron chi connectivity index (χ4n) is 0.694. The van der Waals surface area contributed by atoms with Crippen LogP contribution in [0.15, 0.2) is 6.33 Å². The molecule has 0 bridgehead atoms. The molecule has 1 aromatic rings. The molecule has 1 aromatic heterocycles. The molecule has 0 saturated carbocycles. The first kappa shape index (κ1) is 7.97. The van der Waals surface area contributed by atoms with E-state index in [2.05, 4.69) is 53.8 Å². The molecule has 0 N–H and O–H groups in total. The summed E-state index contributed by atoms with van der Waals surface area (Å²) in [4.78, 5) is 0. The Balaban J connectivity index is 3.05. The second kappa shape index (κ2) is 2.48. The SMILES string of the molecule is CC(C)(C)c1nncn1I. The summed E-state index contributed by atoms with van der Waals surface area (Å²) in [6.07, 6.45) is 1.71. The van der Waals surface area contributed by atoms with Crippen molar-refractivity contribution in [3.8, 4) is 0 Å². The van der Waals surface area contributed by atoms with Gasteiger partial charge in [-0.25, -0.2) is 0 Å². The fourth-order valence-corrected chi connectivity index (χ4v) is 1.63. The van der Waals surface area contributed by atoms with Crippen LogP contribution in [0.1, 0.15) is 26.6 Å². The third kappa shape index (κ3) is 1.47. The maximum Gasteiger partial charge on any atom is 0.147 e. The van der Waals surface area contributed by atoms with Crippen LogP contribution < -0.4 is 0 Å². The van der Waals surface area contributed by atoms with E-state index in [0.29, 0.717) is 0 Å². The van der Waals surface area contributed by atoms with Gasteiger partial charge in [0.15, 0.2) is 0 Å². The lowest BCUT2D eigenvalue weighted by Crippen LogP contribution is -2.15. The first-order valence-electron chi connectivity index (χ1n) is 3.08. The molecule has 0 radical (unpaired) electrons. The highest BCUT2D eigenvalue weighted by atomic mass is 127. The zero-order valence-corrected chi connectivity index (χ0v) is 8.45. The quantitative estimate of drug-likeness (QED) is 0.658. The second-order valence-electron chi connectivity index (χ2n) is 3.22. The summed E-state index contributed by atoms with van der Waals surface area (Å²) in [6.45, 7) is 6.35. The number of halogens is 1. The van der Waals surface area contributed by atoms with E-state index in [1.807, 2.05) is 2.78 Å². The summed E-state index contributed by atoms with van der Waals surface area (Å²) in [5.41, 5.74) is 0.0949. The van der Waals surface area contributed by atoms with Crippen LogP contribution in [0.3, 0.4) is 0 Å². The molecule has 0 spiro atoms. The zero-order chi connectivity index (χ0) is 7.78. The Kier molecular flexibility index (Phi) is 1.98. The van der Waals surface area contributed by atoms with E-state index in [1.54, 1.807) is 6.33 Å². The molecule has 0 fully saturated rings. The minimum absolute atomic E-state index is 0.0949. The van der Waals surface area contributed by atoms with Gasteiger partial charge in [0.05, 0.1) is 22.9 Å². The summed E-state index contributed by atoms with van der Waals surface area (Å²) in [5, 5.41) is 7.79. The molecule has 1 heterocycles. The van der Waals surface area contributed by atoms with Crippen LogP contribution in [-0.4, -0.2) is 13.0 Å². The molecule has 0 aliphatic carbocycles. The van der Waals surface area contributed by atoms with Crippen molar-refractivity contribution in [3.63, 3.8) is 0 Å². The van der Waals surface area contributed by atoms with Crippen molar-refractivity contribution < 1.29 is 0 Å². The molecule has 0 aliphatic rings. The Hall–Kier alpha value is -0.130. The van der Waals surface area contributed by atoms with Gasteiger partial charge in [-0.05, 0) is 0 Å². The molecule has 4 heteroatoms. The van der Waals surface area contributed by atoms with Gasteiger partial charge in [0.1, 0.15) is 12.2 Å². The molecule has 1 rings (SSSR count). The van der Waals surface area contributed by atoms with Crippen LogP contribution >= 0.6 is 22.9 Å². The number of nitrogens with zero attached hydrogens (tertiary/aromatic N) is 3. The van der Waals surface area contributed by atoms with Crippen molar-refractivity contribution >= 4 is 22.9 Å². The van der Waals surface area contributed by atoms with E-state index in [0.717, 1.165) is 5.82 Å². The normalized spacial score (nSPS) is 12.0. The highest BCUT2D eigenvalue weighted by Crippen LogP contribution is 2.20. The van der Waals surface area contributed by atoms with Gasteiger partial charge in [-0.2, -0.15) is 0 Å². The molecule has 3 nitrogen and oxygen atoms in total. The minimum atomic E-state index is 0.0949. The van der Waals surface area contributed by atoms with Crippen LogP contribution in [0, 0.1) is 0 Å². The van der Waals surface area contributed by atoms with E-state index < -0.39 is 0 Å². The lowest BCUT2D eigenvalue weighted by atomic mass is 9.96. The van der Waals surface area contributed by atoms with Crippen LogP contribution in [-0.2, 0) is 5.41 Å². The van der Waals surface area contributed by atoms with Gasteiger partial charge in [-0.15, -0.1) is 10.2 Å². The number of hydrogen-bond donors (Lipinski definition) is 0. The molecule has 0 saturated heterocycles. The van der Waals surface area contributed by atoms with E-state index in [4.69, 9.17) is 0 Å². The highest BCUT2D eigenvalue weighted by Gasteiger charge is 2.19. The van der Waals surface area contributed by atoms with Crippen molar-refractivity contribution in [2.24, 2.45) is 0 Å². The van der Waals surface area contributed by atoms with E-state index in [-0.39, 0.29) is 5.41 Å². The van der Waals surface area contributed by atoms with Gasteiger partial charge in [0, 0.05) is 5.41 Å². The van der Waals surface area contributed by atoms with Gasteiger partial charge >= 0.3 is 0 Å². The lowest BCUT2D eigenvalue weighted by molar-refractivity contribution is 0.546. The second-order valence-corrected chi connectivity index (χ2v) is 4.26. The van der Waals surface area contributed by atoms with Crippen LogP contribution in [0.25, 0.3) is 0 Å². The first-order valence-corrected chi connectivity index (χ1v) is 4.05. The minimum Gasteiger partial charge on any atom is -0.256 e. The summed E-state index contributed by atoms with van der Waals surface area (Å²) < 4.78 is 1.91. The summed E-state index contributed by atoms with van der Waals surface area (Å²) in [6, 6.07) is 0. The van der Waals surface area contributed by atoms with Gasteiger partial charge < -0.3 is 0 Å². The lowest BCUT2D eigenvalue weighted by Gasteiger charge is -2.14. The molecule has 0 unspecified atom stereocenters. The Labute approximate surface area is 74.3 Å². The Morgan fingerprint density at radius 3 is 2.30 bits per heavy atom.